The summed E-state index contributed by atoms with van der Waals surface area (Å²) in [4.78, 5) is 15.8. The Kier molecular flexibility index (Phi) is 4.39. The van der Waals surface area contributed by atoms with Gasteiger partial charge in [0, 0.05) is 5.56 Å². The average Bonchev–Trinajstić information content (AvgIpc) is 3.08. The molecule has 2 N–H and O–H groups in total. The number of rotatable bonds is 4. The van der Waals surface area contributed by atoms with E-state index >= 15 is 0 Å². The molecular formula is C16H19N3O3. The van der Waals surface area contributed by atoms with Crippen molar-refractivity contribution in [1.29, 1.82) is 0 Å². The zero-order valence-electron chi connectivity index (χ0n) is 12.2. The van der Waals surface area contributed by atoms with Crippen LogP contribution < -0.4 is 10.4 Å². The van der Waals surface area contributed by atoms with Crippen molar-refractivity contribution in [1.82, 2.24) is 4.98 Å². The quantitative estimate of drug-likeness (QED) is 0.846. The molecule has 2 aromatic rings. The summed E-state index contributed by atoms with van der Waals surface area (Å²) in [7, 11) is 0. The van der Waals surface area contributed by atoms with E-state index in [1.165, 1.54) is 23.9 Å². The number of benzene rings is 1. The van der Waals surface area contributed by atoms with E-state index in [0.717, 1.165) is 25.7 Å². The number of nitrogens with one attached hydrogen (secondary N) is 1. The summed E-state index contributed by atoms with van der Waals surface area (Å²) in [6, 6.07) is 7.19. The van der Waals surface area contributed by atoms with Crippen LogP contribution in [0.25, 0.3) is 0 Å². The summed E-state index contributed by atoms with van der Waals surface area (Å²) >= 11 is 0. The molecule has 0 bridgehead atoms. The van der Waals surface area contributed by atoms with Crippen molar-refractivity contribution in [3.05, 3.63) is 42.3 Å². The van der Waals surface area contributed by atoms with Gasteiger partial charge in [0.2, 0.25) is 0 Å². The standard InChI is InChI=1S/C16H19N3O3/c20-15(18-16-17-10-11-22-16)12-6-8-14(9-7-12)19(21)13-4-2-1-3-5-13/h6-11,13,21H,1-5H2,(H,17,18,20). The van der Waals surface area contributed by atoms with Gasteiger partial charge in [-0.3, -0.25) is 20.4 Å². The third-order valence-electron chi connectivity index (χ3n) is 3.97. The van der Waals surface area contributed by atoms with Crippen LogP contribution in [0.1, 0.15) is 42.5 Å². The zero-order chi connectivity index (χ0) is 15.4. The fourth-order valence-electron chi connectivity index (χ4n) is 2.76. The SMILES string of the molecule is O=C(Nc1ncco1)c1ccc(N(O)C2CCCCC2)cc1. The molecule has 3 rings (SSSR count). The molecule has 1 aliphatic carbocycles. The van der Waals surface area contributed by atoms with Crippen molar-refractivity contribution in [3.8, 4) is 0 Å². The Hall–Kier alpha value is -2.34. The molecule has 1 aromatic heterocycles. The maximum atomic E-state index is 12.0. The van der Waals surface area contributed by atoms with Crippen molar-refractivity contribution >= 4 is 17.6 Å². The zero-order valence-corrected chi connectivity index (χ0v) is 12.2. The van der Waals surface area contributed by atoms with Crippen molar-refractivity contribution in [2.45, 2.75) is 38.1 Å². The van der Waals surface area contributed by atoms with Gasteiger partial charge in [0.15, 0.2) is 0 Å². The summed E-state index contributed by atoms with van der Waals surface area (Å²) < 4.78 is 4.98. The van der Waals surface area contributed by atoms with Crippen LogP contribution in [0.4, 0.5) is 11.7 Å². The second-order valence-corrected chi connectivity index (χ2v) is 5.47. The smallest absolute Gasteiger partial charge is 0.301 e. The lowest BCUT2D eigenvalue weighted by Gasteiger charge is -2.30. The van der Waals surface area contributed by atoms with Crippen molar-refractivity contribution in [2.24, 2.45) is 0 Å². The Morgan fingerprint density at radius 2 is 1.95 bits per heavy atom. The number of carbonyl (C=O) groups excluding carboxylic acids is 1. The van der Waals surface area contributed by atoms with Crippen LogP contribution >= 0.6 is 0 Å². The molecule has 0 radical (unpaired) electrons. The molecule has 0 saturated heterocycles. The van der Waals surface area contributed by atoms with E-state index in [0.29, 0.717) is 11.3 Å². The number of nitrogens with zero attached hydrogens (tertiary/aromatic N) is 2. The van der Waals surface area contributed by atoms with Crippen LogP contribution in [-0.2, 0) is 0 Å². The molecule has 1 aromatic carbocycles. The minimum atomic E-state index is -0.295. The third-order valence-corrected chi connectivity index (χ3v) is 3.97. The molecule has 0 aliphatic heterocycles. The molecule has 1 amide bonds. The Labute approximate surface area is 128 Å². The molecule has 0 unspecified atom stereocenters. The van der Waals surface area contributed by atoms with E-state index in [2.05, 4.69) is 10.3 Å². The van der Waals surface area contributed by atoms with Gasteiger partial charge in [0.25, 0.3) is 5.91 Å². The molecular weight excluding hydrogens is 282 g/mol. The number of hydrogen-bond donors (Lipinski definition) is 2. The van der Waals surface area contributed by atoms with Gasteiger partial charge in [-0.2, -0.15) is 0 Å². The molecule has 6 nitrogen and oxygen atoms in total. The highest BCUT2D eigenvalue weighted by molar-refractivity contribution is 6.03. The van der Waals surface area contributed by atoms with Gasteiger partial charge >= 0.3 is 6.01 Å². The first kappa shape index (κ1) is 14.6. The van der Waals surface area contributed by atoms with Crippen LogP contribution in [-0.4, -0.2) is 22.1 Å². The highest BCUT2D eigenvalue weighted by Crippen LogP contribution is 2.26. The van der Waals surface area contributed by atoms with Gasteiger partial charge in [-0.25, -0.2) is 4.98 Å². The highest BCUT2D eigenvalue weighted by atomic mass is 16.5. The number of hydrogen-bond acceptors (Lipinski definition) is 5. The lowest BCUT2D eigenvalue weighted by atomic mass is 9.95. The second-order valence-electron chi connectivity index (χ2n) is 5.47. The first-order valence-corrected chi connectivity index (χ1v) is 7.53. The van der Waals surface area contributed by atoms with Crippen molar-refractivity contribution in [2.75, 3.05) is 10.4 Å². The number of aromatic nitrogens is 1. The van der Waals surface area contributed by atoms with Crippen LogP contribution in [0.15, 0.2) is 41.1 Å². The van der Waals surface area contributed by atoms with Crippen LogP contribution in [0.2, 0.25) is 0 Å². The van der Waals surface area contributed by atoms with Crippen LogP contribution in [0.3, 0.4) is 0 Å². The van der Waals surface area contributed by atoms with E-state index in [-0.39, 0.29) is 18.0 Å². The molecule has 116 valence electrons. The topological polar surface area (TPSA) is 78.6 Å². The van der Waals surface area contributed by atoms with E-state index < -0.39 is 0 Å². The van der Waals surface area contributed by atoms with Gasteiger partial charge < -0.3 is 4.42 Å². The normalized spacial score (nSPS) is 15.5. The lowest BCUT2D eigenvalue weighted by molar-refractivity contribution is 0.102. The van der Waals surface area contributed by atoms with Gasteiger partial charge in [-0.1, -0.05) is 19.3 Å². The summed E-state index contributed by atoms with van der Waals surface area (Å²) in [6.07, 6.45) is 8.41. The molecule has 1 saturated carbocycles. The molecule has 6 heteroatoms. The number of hydroxylamine groups is 1. The van der Waals surface area contributed by atoms with E-state index in [9.17, 15) is 10.0 Å². The monoisotopic (exact) mass is 301 g/mol. The summed E-state index contributed by atoms with van der Waals surface area (Å²) in [5.74, 6) is -0.295. The molecule has 0 atom stereocenters. The third kappa shape index (κ3) is 3.28. The molecule has 22 heavy (non-hydrogen) atoms. The van der Waals surface area contributed by atoms with E-state index in [1.54, 1.807) is 24.3 Å². The Balaban J connectivity index is 1.65. The van der Waals surface area contributed by atoms with Gasteiger partial charge in [0.1, 0.15) is 6.26 Å². The predicted molar refractivity (Wildman–Crippen MR) is 82.0 cm³/mol. The van der Waals surface area contributed by atoms with E-state index in [1.807, 2.05) is 0 Å². The predicted octanol–water partition coefficient (Wildman–Crippen LogP) is 3.46. The average molecular weight is 301 g/mol. The largest absolute Gasteiger partial charge is 0.432 e. The maximum Gasteiger partial charge on any atom is 0.301 e. The number of oxazole rings is 1. The van der Waals surface area contributed by atoms with Crippen LogP contribution in [0, 0.1) is 0 Å². The Morgan fingerprint density at radius 1 is 1.23 bits per heavy atom. The summed E-state index contributed by atoms with van der Waals surface area (Å²) in [5.41, 5.74) is 1.19. The lowest BCUT2D eigenvalue weighted by Crippen LogP contribution is -2.33. The summed E-state index contributed by atoms with van der Waals surface area (Å²) in [5, 5.41) is 14.2. The summed E-state index contributed by atoms with van der Waals surface area (Å²) in [6.45, 7) is 0. The van der Waals surface area contributed by atoms with Gasteiger partial charge in [-0.15, -0.1) is 0 Å². The molecule has 1 heterocycles. The van der Waals surface area contributed by atoms with Gasteiger partial charge in [-0.05, 0) is 37.1 Å². The van der Waals surface area contributed by atoms with Crippen molar-refractivity contribution in [3.63, 3.8) is 0 Å². The van der Waals surface area contributed by atoms with Crippen molar-refractivity contribution < 1.29 is 14.4 Å². The Morgan fingerprint density at radius 3 is 2.59 bits per heavy atom. The number of carbonyl (C=O) groups is 1. The maximum absolute atomic E-state index is 12.0. The Bertz CT molecular complexity index is 604. The number of anilines is 2. The molecule has 1 fully saturated rings. The minimum Gasteiger partial charge on any atom is -0.432 e. The first-order chi connectivity index (χ1) is 10.7. The van der Waals surface area contributed by atoms with Crippen LogP contribution in [0.5, 0.6) is 0 Å². The second kappa shape index (κ2) is 6.62. The minimum absolute atomic E-state index is 0.167. The molecule has 0 spiro atoms. The fourth-order valence-corrected chi connectivity index (χ4v) is 2.76. The number of amides is 1. The highest BCUT2D eigenvalue weighted by Gasteiger charge is 2.20. The molecule has 1 aliphatic rings. The van der Waals surface area contributed by atoms with Gasteiger partial charge in [0.05, 0.1) is 17.9 Å². The van der Waals surface area contributed by atoms with E-state index in [4.69, 9.17) is 4.42 Å². The first-order valence-electron chi connectivity index (χ1n) is 7.53. The fraction of sp³-hybridized carbons (Fsp3) is 0.375.